The SMILES string of the molecule is C[C@@H]([C@@H](O)[C@H](OCCO)O[C@@H]1[C@@H](O)[C@H](O[C@H]2OC(CNC(=O)OCc3ccc([N+](=O)[O-])cc3)=CC[C@H]2N)[C@@H](NC(=O)OC(C)(C)C)C[C@H]1NC(=O)[C@@H](O)CCNC(=O)OC(C)(C)C)N(C)C(=O)OC(C)(C)C. The second kappa shape index (κ2) is 26.9. The van der Waals surface area contributed by atoms with Gasteiger partial charge in [-0.1, -0.05) is 0 Å². The molecule has 5 amide bonds. The fraction of sp³-hybridized carbons (Fsp3) is 0.717. The Labute approximate surface area is 418 Å². The number of amides is 5. The molecule has 1 saturated carbocycles. The van der Waals surface area contributed by atoms with Crippen molar-refractivity contribution in [1.82, 2.24) is 26.2 Å². The number of nitrogens with zero attached hydrogens (tertiary/aromatic N) is 2. The van der Waals surface area contributed by atoms with Gasteiger partial charge >= 0.3 is 24.4 Å². The average molecular weight is 1030 g/mol. The van der Waals surface area contributed by atoms with Crippen molar-refractivity contribution in [2.75, 3.05) is 33.4 Å². The number of ether oxygens (including phenoxy) is 8. The third-order valence-electron chi connectivity index (χ3n) is 10.6. The van der Waals surface area contributed by atoms with Crippen molar-refractivity contribution in [3.63, 3.8) is 0 Å². The van der Waals surface area contributed by atoms with E-state index in [1.54, 1.807) is 68.4 Å². The van der Waals surface area contributed by atoms with Crippen molar-refractivity contribution in [3.8, 4) is 0 Å². The summed E-state index contributed by atoms with van der Waals surface area (Å²) in [6.45, 7) is 14.6. The minimum absolute atomic E-state index is 0.123. The number of hydrogen-bond acceptors (Lipinski definition) is 20. The third-order valence-corrected chi connectivity index (χ3v) is 10.6. The predicted molar refractivity (Wildman–Crippen MR) is 253 cm³/mol. The van der Waals surface area contributed by atoms with Gasteiger partial charge in [0.25, 0.3) is 5.69 Å². The number of nitro groups is 1. The minimum atomic E-state index is -1.90. The number of hydrogen-bond donors (Lipinski definition) is 9. The van der Waals surface area contributed by atoms with Gasteiger partial charge in [-0.3, -0.25) is 14.9 Å². The number of nitrogens with one attached hydrogen (secondary N) is 4. The van der Waals surface area contributed by atoms with E-state index in [2.05, 4.69) is 21.3 Å². The van der Waals surface area contributed by atoms with Crippen molar-refractivity contribution in [2.45, 2.75) is 179 Å². The lowest BCUT2D eigenvalue weighted by molar-refractivity contribution is -0.384. The van der Waals surface area contributed by atoms with Gasteiger partial charge < -0.3 is 90.2 Å². The zero-order valence-electron chi connectivity index (χ0n) is 42.8. The topological polar surface area (TPSA) is 361 Å². The maximum absolute atomic E-state index is 13.7. The van der Waals surface area contributed by atoms with Crippen LogP contribution in [0, 0.1) is 10.1 Å². The van der Waals surface area contributed by atoms with E-state index in [4.69, 9.17) is 43.6 Å². The Hall–Kier alpha value is -5.61. The smallest absolute Gasteiger partial charge is 0.410 e. The van der Waals surface area contributed by atoms with Gasteiger partial charge in [0.15, 0.2) is 6.29 Å². The molecule has 11 atom stereocenters. The maximum Gasteiger partial charge on any atom is 0.410 e. The first-order valence-corrected chi connectivity index (χ1v) is 23.4. The van der Waals surface area contributed by atoms with Gasteiger partial charge in [0, 0.05) is 25.7 Å². The van der Waals surface area contributed by atoms with Crippen molar-refractivity contribution >= 4 is 36.0 Å². The standard InChI is InChI=1S/C46H75N7O19/c1-25(52(11)43(62)72-46(8,9)10)33(56)39(65-21-20-54)69-35-30(50-37(58)32(55)18-19-48-41(60)70-44(2,3)4)22-31(51-42(61)71-45(5,6)7)36(34(35)57)68-38-29(47)17-16-28(67-38)23-49-40(59)66-24-26-12-14-27(15-13-26)53(63)64/h12-16,25,29-36,38-39,54-57H,17-24,47H2,1-11H3,(H,48,60)(H,49,59)(H,50,58)(H,51,61)/t25-,29+,30+,31-,32-,33+,34+,35-,36+,38+,39+/m0/s1. The molecular weight excluding hydrogens is 955 g/mol. The zero-order chi connectivity index (χ0) is 54.3. The van der Waals surface area contributed by atoms with E-state index in [1.807, 2.05) is 0 Å². The number of nitro benzene ring substituents is 1. The van der Waals surface area contributed by atoms with Crippen LogP contribution in [0.2, 0.25) is 0 Å². The van der Waals surface area contributed by atoms with Gasteiger partial charge in [0.2, 0.25) is 12.2 Å². The van der Waals surface area contributed by atoms with E-state index < -0.39 is 132 Å². The first-order valence-electron chi connectivity index (χ1n) is 23.4. The molecule has 0 bridgehead atoms. The number of alkyl carbamates (subject to hydrolysis) is 3. The van der Waals surface area contributed by atoms with Gasteiger partial charge in [0.05, 0.1) is 48.8 Å². The minimum Gasteiger partial charge on any atom is -0.466 e. The van der Waals surface area contributed by atoms with Crippen LogP contribution in [-0.2, 0) is 49.3 Å². The second-order valence-electron chi connectivity index (χ2n) is 20.2. The normalized spacial score (nSPS) is 23.1. The number of nitrogens with two attached hydrogens (primary N) is 1. The first kappa shape index (κ1) is 60.7. The summed E-state index contributed by atoms with van der Waals surface area (Å²) in [6, 6.07) is 0.767. The highest BCUT2D eigenvalue weighted by molar-refractivity contribution is 5.81. The highest BCUT2D eigenvalue weighted by Gasteiger charge is 2.51. The van der Waals surface area contributed by atoms with E-state index >= 15 is 0 Å². The van der Waals surface area contributed by atoms with Crippen LogP contribution in [0.4, 0.5) is 24.9 Å². The van der Waals surface area contributed by atoms with E-state index in [0.717, 1.165) is 4.90 Å². The monoisotopic (exact) mass is 1030 g/mol. The third kappa shape index (κ3) is 20.5. The molecule has 26 heteroatoms. The fourth-order valence-electron chi connectivity index (χ4n) is 6.96. The van der Waals surface area contributed by atoms with Gasteiger partial charge in [-0.25, -0.2) is 19.2 Å². The van der Waals surface area contributed by atoms with Crippen molar-refractivity contribution in [1.29, 1.82) is 0 Å². The molecule has 1 aliphatic carbocycles. The molecule has 1 heterocycles. The van der Waals surface area contributed by atoms with Gasteiger partial charge in [0.1, 0.15) is 59.7 Å². The predicted octanol–water partition coefficient (Wildman–Crippen LogP) is 1.92. The number of non-ortho nitro benzene ring substituents is 1. The summed E-state index contributed by atoms with van der Waals surface area (Å²) in [5, 5.41) is 66.2. The van der Waals surface area contributed by atoms with Crippen molar-refractivity contribution in [3.05, 3.63) is 51.8 Å². The van der Waals surface area contributed by atoms with E-state index in [1.165, 1.54) is 38.2 Å². The molecule has 0 spiro atoms. The molecule has 1 aromatic rings. The molecule has 0 radical (unpaired) electrons. The Kier molecular flexibility index (Phi) is 22.7. The Bertz CT molecular complexity index is 1990. The van der Waals surface area contributed by atoms with Crippen molar-refractivity contribution < 1.29 is 87.2 Å². The van der Waals surface area contributed by atoms with E-state index in [9.17, 15) is 54.5 Å². The number of carbonyl (C=O) groups is 5. The second-order valence-corrected chi connectivity index (χ2v) is 20.2. The van der Waals surface area contributed by atoms with Gasteiger partial charge in [-0.2, -0.15) is 0 Å². The van der Waals surface area contributed by atoms with Crippen molar-refractivity contribution in [2.24, 2.45) is 5.73 Å². The summed E-state index contributed by atoms with van der Waals surface area (Å²) in [7, 11) is 1.36. The number of rotatable bonds is 21. The van der Waals surface area contributed by atoms with Crippen LogP contribution in [0.3, 0.4) is 0 Å². The molecule has 0 unspecified atom stereocenters. The summed E-state index contributed by atoms with van der Waals surface area (Å²) >= 11 is 0. The lowest BCUT2D eigenvalue weighted by Gasteiger charge is -2.47. The molecule has 2 aliphatic rings. The highest BCUT2D eigenvalue weighted by Crippen LogP contribution is 2.32. The lowest BCUT2D eigenvalue weighted by atomic mass is 9.83. The van der Waals surface area contributed by atoms with Crippen LogP contribution in [0.25, 0.3) is 0 Å². The molecule has 1 aromatic carbocycles. The Morgan fingerprint density at radius 1 is 0.889 bits per heavy atom. The Balaban J connectivity index is 1.96. The molecule has 3 rings (SSSR count). The highest BCUT2D eigenvalue weighted by atomic mass is 16.7. The molecule has 0 saturated heterocycles. The van der Waals surface area contributed by atoms with E-state index in [-0.39, 0.29) is 50.4 Å². The number of benzene rings is 1. The average Bonchev–Trinajstić information content (AvgIpc) is 3.26. The van der Waals surface area contributed by atoms with Crippen LogP contribution in [-0.4, -0.2) is 178 Å². The largest absolute Gasteiger partial charge is 0.466 e. The van der Waals surface area contributed by atoms with E-state index in [0.29, 0.717) is 5.56 Å². The summed E-state index contributed by atoms with van der Waals surface area (Å²) in [4.78, 5) is 76.6. The van der Waals surface area contributed by atoms with Crippen LogP contribution in [0.1, 0.15) is 94.1 Å². The molecule has 10 N–H and O–H groups in total. The number of likely N-dealkylation sites (N-methyl/N-ethyl adjacent to an activating group) is 1. The Morgan fingerprint density at radius 3 is 2.07 bits per heavy atom. The number of carbonyl (C=O) groups excluding carboxylic acids is 5. The lowest BCUT2D eigenvalue weighted by Crippen LogP contribution is -2.68. The van der Waals surface area contributed by atoms with Crippen LogP contribution < -0.4 is 27.0 Å². The van der Waals surface area contributed by atoms with Crippen LogP contribution in [0.5, 0.6) is 0 Å². The summed E-state index contributed by atoms with van der Waals surface area (Å²) in [5.41, 5.74) is 4.08. The molecular formula is C46H75N7O19. The first-order chi connectivity index (χ1) is 33.4. The summed E-state index contributed by atoms with van der Waals surface area (Å²) in [5.74, 6) is -0.840. The molecule has 1 fully saturated rings. The number of aliphatic hydroxyl groups is 4. The maximum atomic E-state index is 13.7. The fourth-order valence-corrected chi connectivity index (χ4v) is 6.96. The quantitative estimate of drug-likeness (QED) is 0.0367. The van der Waals surface area contributed by atoms with Gasteiger partial charge in [-0.05, 0) is 112 Å². The summed E-state index contributed by atoms with van der Waals surface area (Å²) < 4.78 is 46.0. The van der Waals surface area contributed by atoms with Crippen LogP contribution in [0.15, 0.2) is 36.1 Å². The number of aliphatic hydroxyl groups excluding tert-OH is 4. The molecule has 1 aliphatic heterocycles. The van der Waals surface area contributed by atoms with Crippen LogP contribution >= 0.6 is 0 Å². The molecule has 0 aromatic heterocycles. The molecule has 408 valence electrons. The molecule has 72 heavy (non-hydrogen) atoms. The van der Waals surface area contributed by atoms with Gasteiger partial charge in [-0.15, -0.1) is 0 Å². The molecule has 26 nitrogen and oxygen atoms in total. The summed E-state index contributed by atoms with van der Waals surface area (Å²) in [6.07, 6.45) is -14.1. The Morgan fingerprint density at radius 2 is 1.49 bits per heavy atom. The zero-order valence-corrected chi connectivity index (χ0v) is 42.8.